The van der Waals surface area contributed by atoms with E-state index in [1.807, 2.05) is 0 Å². The molecule has 0 aliphatic carbocycles. The molecule has 0 unspecified atom stereocenters. The summed E-state index contributed by atoms with van der Waals surface area (Å²) in [6.07, 6.45) is 1.56. The first kappa shape index (κ1) is 35.7. The van der Waals surface area contributed by atoms with Crippen molar-refractivity contribution in [3.05, 3.63) is 214 Å². The topological polar surface area (TPSA) is 0 Å². The molecule has 0 fully saturated rings. The summed E-state index contributed by atoms with van der Waals surface area (Å²) in [5.41, 5.74) is 2.50. The van der Waals surface area contributed by atoms with Gasteiger partial charge in [0.05, 0.1) is 0 Å². The van der Waals surface area contributed by atoms with Crippen molar-refractivity contribution in [3.63, 3.8) is 0 Å². The molecule has 0 radical (unpaired) electrons. The molecule has 0 N–H and O–H groups in total. The molecule has 7 aromatic carbocycles. The van der Waals surface area contributed by atoms with Crippen LogP contribution in [0.2, 0.25) is 0 Å². The van der Waals surface area contributed by atoms with Crippen LogP contribution in [0, 0.1) is 0 Å². The maximum absolute atomic E-state index is 4.71. The second-order valence-electron chi connectivity index (χ2n) is 12.7. The molecule has 0 heterocycles. The van der Waals surface area contributed by atoms with Crippen LogP contribution in [0.25, 0.3) is 0 Å². The number of halogens is 4. The molecule has 0 amide bonds. The Hall–Kier alpha value is -2.68. The summed E-state index contributed by atoms with van der Waals surface area (Å²) < 4.78 is 2.16. The van der Waals surface area contributed by atoms with Gasteiger partial charge >= 0.3 is 332 Å². The van der Waals surface area contributed by atoms with Gasteiger partial charge in [-0.2, -0.15) is 0 Å². The maximum atomic E-state index is 4.71. The fraction of sp³-hybridized carbons (Fsp3) is 0.0455. The summed E-state index contributed by atoms with van der Waals surface area (Å²) in [5.74, 6) is 0. The van der Waals surface area contributed by atoms with E-state index >= 15 is 0 Å². The molecule has 0 saturated carbocycles. The Bertz CT molecular complexity index is 1860. The van der Waals surface area contributed by atoms with Crippen molar-refractivity contribution in [2.75, 3.05) is 0 Å². The fourth-order valence-corrected chi connectivity index (χ4v) is 24.4. The standard InChI is InChI=1S/C44H36Br4P2/c45-43-32-44(46)36(34-50(48,40-25-13-4-14-26-40,41-27-15-5-16-28-41)42-29-17-6-18-30-42)31-35(43)33-49(47,37-19-7-1-8-20-37,38-21-9-2-10-22-38)39-23-11-3-12-24-39/h1-32H,33-34H2. The summed E-state index contributed by atoms with van der Waals surface area (Å²) in [6, 6.07) is 70.9. The summed E-state index contributed by atoms with van der Waals surface area (Å²) in [5, 5.41) is 1.24. The average molecular weight is 946 g/mol. The Labute approximate surface area is 329 Å². The van der Waals surface area contributed by atoms with Gasteiger partial charge in [0.15, 0.2) is 0 Å². The van der Waals surface area contributed by atoms with Crippen molar-refractivity contribution < 1.29 is 0 Å². The number of hydrogen-bond donors (Lipinski definition) is 0. The van der Waals surface area contributed by atoms with Crippen LogP contribution in [-0.4, -0.2) is 0 Å². The SMILES string of the molecule is Brc1cc(Br)c(CP(Br)(c2ccccc2)(c2ccccc2)c2ccccc2)cc1CP(Br)(c1ccccc1)(c1ccccc1)c1ccccc1. The normalized spacial score (nSPS) is 13.4. The van der Waals surface area contributed by atoms with Gasteiger partial charge in [-0.3, -0.25) is 0 Å². The van der Waals surface area contributed by atoms with E-state index in [1.165, 1.54) is 43.0 Å². The zero-order valence-corrected chi connectivity index (χ0v) is 35.4. The van der Waals surface area contributed by atoms with E-state index in [0.717, 1.165) is 21.3 Å². The number of rotatable bonds is 10. The molecular formula is C44H36Br4P2. The quantitative estimate of drug-likeness (QED) is 0.120. The van der Waals surface area contributed by atoms with Crippen molar-refractivity contribution in [1.29, 1.82) is 0 Å². The molecule has 0 saturated heterocycles. The van der Waals surface area contributed by atoms with Gasteiger partial charge in [-0.25, -0.2) is 0 Å². The van der Waals surface area contributed by atoms with Gasteiger partial charge in [0.25, 0.3) is 0 Å². The van der Waals surface area contributed by atoms with Gasteiger partial charge in [0.2, 0.25) is 0 Å². The Morgan fingerprint density at radius 3 is 0.700 bits per heavy atom. The molecular weight excluding hydrogens is 910 g/mol. The third kappa shape index (κ3) is 6.05. The number of benzene rings is 7. The van der Waals surface area contributed by atoms with Gasteiger partial charge in [0.1, 0.15) is 0 Å². The minimum absolute atomic E-state index is 0.782. The van der Waals surface area contributed by atoms with E-state index in [0.29, 0.717) is 0 Å². The molecule has 0 aliphatic rings. The van der Waals surface area contributed by atoms with E-state index in [-0.39, 0.29) is 0 Å². The Kier molecular flexibility index (Phi) is 10.3. The fourth-order valence-electron chi connectivity index (χ4n) is 7.40. The van der Waals surface area contributed by atoms with Gasteiger partial charge in [0, 0.05) is 0 Å². The van der Waals surface area contributed by atoms with Crippen LogP contribution in [0.15, 0.2) is 203 Å². The first-order chi connectivity index (χ1) is 24.2. The summed E-state index contributed by atoms with van der Waals surface area (Å²) in [6.45, 7) is 0. The zero-order chi connectivity index (χ0) is 34.7. The van der Waals surface area contributed by atoms with Crippen LogP contribution in [0.1, 0.15) is 11.1 Å². The minimum atomic E-state index is -3.27. The zero-order valence-electron chi connectivity index (χ0n) is 27.3. The second kappa shape index (κ2) is 14.4. The molecule has 250 valence electrons. The van der Waals surface area contributed by atoms with Crippen LogP contribution in [0.4, 0.5) is 0 Å². The molecule has 7 rings (SSSR count). The van der Waals surface area contributed by atoms with Crippen molar-refractivity contribution in [3.8, 4) is 0 Å². The van der Waals surface area contributed by atoms with E-state index in [9.17, 15) is 0 Å². The third-order valence-corrected chi connectivity index (χ3v) is 30.4. The van der Waals surface area contributed by atoms with Crippen LogP contribution in [-0.2, 0) is 12.3 Å². The third-order valence-electron chi connectivity index (χ3n) is 9.92. The summed E-state index contributed by atoms with van der Waals surface area (Å²) in [4.78, 5) is 0. The first-order valence-electron chi connectivity index (χ1n) is 16.5. The van der Waals surface area contributed by atoms with Crippen molar-refractivity contribution >= 4 is 105 Å². The summed E-state index contributed by atoms with van der Waals surface area (Å²) >= 11 is 17.6. The van der Waals surface area contributed by atoms with Crippen molar-refractivity contribution in [2.24, 2.45) is 0 Å². The molecule has 7 aromatic rings. The molecule has 0 atom stereocenters. The van der Waals surface area contributed by atoms with Crippen LogP contribution in [0.3, 0.4) is 0 Å². The van der Waals surface area contributed by atoms with E-state index in [4.69, 9.17) is 31.0 Å². The van der Waals surface area contributed by atoms with Crippen LogP contribution in [0.5, 0.6) is 0 Å². The summed E-state index contributed by atoms with van der Waals surface area (Å²) in [7, 11) is 0. The van der Waals surface area contributed by atoms with Crippen LogP contribution >= 0.6 is 73.4 Å². The van der Waals surface area contributed by atoms with Gasteiger partial charge in [-0.05, 0) is 0 Å². The van der Waals surface area contributed by atoms with Gasteiger partial charge < -0.3 is 0 Å². The molecule has 50 heavy (non-hydrogen) atoms. The molecule has 0 spiro atoms. The molecule has 0 nitrogen and oxygen atoms in total. The van der Waals surface area contributed by atoms with E-state index in [1.54, 1.807) is 0 Å². The Morgan fingerprint density at radius 1 is 0.300 bits per heavy atom. The van der Waals surface area contributed by atoms with Crippen LogP contribution < -0.4 is 31.8 Å². The Balaban J connectivity index is 1.50. The van der Waals surface area contributed by atoms with E-state index in [2.05, 4.69) is 226 Å². The second-order valence-corrected chi connectivity index (χ2v) is 32.3. The van der Waals surface area contributed by atoms with Gasteiger partial charge in [-0.15, -0.1) is 0 Å². The molecule has 0 aromatic heterocycles. The molecule has 0 aliphatic heterocycles. The monoisotopic (exact) mass is 942 g/mol. The van der Waals surface area contributed by atoms with Crippen molar-refractivity contribution in [1.82, 2.24) is 0 Å². The predicted molar refractivity (Wildman–Crippen MR) is 237 cm³/mol. The number of hydrogen-bond acceptors (Lipinski definition) is 0. The van der Waals surface area contributed by atoms with Gasteiger partial charge in [-0.1, -0.05) is 0 Å². The van der Waals surface area contributed by atoms with Crippen molar-refractivity contribution in [2.45, 2.75) is 12.3 Å². The first-order valence-corrected chi connectivity index (χ1v) is 27.0. The Morgan fingerprint density at radius 2 is 0.500 bits per heavy atom. The molecule has 0 bridgehead atoms. The predicted octanol–water partition coefficient (Wildman–Crippen LogP) is 11.9. The van der Waals surface area contributed by atoms with E-state index < -0.39 is 10.6 Å². The average Bonchev–Trinajstić information content (AvgIpc) is 3.19. The molecule has 6 heteroatoms.